The van der Waals surface area contributed by atoms with Gasteiger partial charge in [0, 0.05) is 73.6 Å². The summed E-state index contributed by atoms with van der Waals surface area (Å²) in [6.45, 7) is 0. The molecule has 1 aliphatic heterocycles. The number of fused-ring (bicyclic) bond motifs is 9. The second-order valence-electron chi connectivity index (χ2n) is 21.2. The molecule has 0 N–H and O–H groups in total. The number of pyridine rings is 2. The molecule has 10 aromatic carbocycles. The first kappa shape index (κ1) is 46.5. The molecular weight excluding hydrogens is 985 g/mol. The Morgan fingerprint density at radius 3 is 1.56 bits per heavy atom. The first-order chi connectivity index (χ1) is 40.2. The third kappa shape index (κ3) is 7.84. The van der Waals surface area contributed by atoms with Crippen molar-refractivity contribution in [1.82, 2.24) is 14.5 Å². The van der Waals surface area contributed by atoms with E-state index >= 15 is 0 Å². The van der Waals surface area contributed by atoms with Crippen molar-refractivity contribution in [3.63, 3.8) is 0 Å². The van der Waals surface area contributed by atoms with Crippen molar-refractivity contribution in [1.29, 1.82) is 0 Å². The Hall–Kier alpha value is -10.6. The summed E-state index contributed by atoms with van der Waals surface area (Å²) in [5, 5.41) is 4.52. The van der Waals surface area contributed by atoms with Crippen LogP contribution in [0.2, 0.25) is 0 Å². The maximum atomic E-state index is 7.07. The molecule has 2 atom stereocenters. The lowest BCUT2D eigenvalue weighted by atomic mass is 9.88. The molecule has 0 fully saturated rings. The van der Waals surface area contributed by atoms with Gasteiger partial charge in [0.25, 0.3) is 0 Å². The van der Waals surface area contributed by atoms with Crippen LogP contribution in [0.25, 0.3) is 128 Å². The number of benzene rings is 10. The summed E-state index contributed by atoms with van der Waals surface area (Å²) in [5.74, 6) is 0.200. The molecule has 4 aromatic heterocycles. The van der Waals surface area contributed by atoms with E-state index in [2.05, 4.69) is 270 Å². The van der Waals surface area contributed by atoms with Crippen LogP contribution in [0, 0.1) is 0 Å². The van der Waals surface area contributed by atoms with Crippen LogP contribution in [0.4, 0.5) is 11.4 Å². The maximum Gasteiger partial charge on any atom is 0.143 e. The predicted molar refractivity (Wildman–Crippen MR) is 335 cm³/mol. The van der Waals surface area contributed by atoms with E-state index in [0.717, 1.165) is 117 Å². The van der Waals surface area contributed by atoms with E-state index in [4.69, 9.17) is 14.4 Å². The van der Waals surface area contributed by atoms with Crippen molar-refractivity contribution in [2.45, 2.75) is 12.0 Å². The van der Waals surface area contributed by atoms with Crippen molar-refractivity contribution in [2.24, 2.45) is 0 Å². The van der Waals surface area contributed by atoms with E-state index < -0.39 is 0 Å². The average molecular weight is 1040 g/mol. The van der Waals surface area contributed by atoms with Gasteiger partial charge in [0.1, 0.15) is 11.2 Å². The minimum Gasteiger partial charge on any atom is -0.455 e. The fourth-order valence-corrected chi connectivity index (χ4v) is 12.9. The summed E-state index contributed by atoms with van der Waals surface area (Å²) in [6.07, 6.45) is 12.8. The van der Waals surface area contributed by atoms with E-state index in [1.807, 2.05) is 30.6 Å². The smallest absolute Gasteiger partial charge is 0.143 e. The van der Waals surface area contributed by atoms with Crippen LogP contribution < -0.4 is 4.90 Å². The molecule has 5 heterocycles. The van der Waals surface area contributed by atoms with Crippen LogP contribution in [-0.4, -0.2) is 20.6 Å². The number of allylic oxidation sites excluding steroid dienone is 2. The lowest BCUT2D eigenvalue weighted by Crippen LogP contribution is -2.28. The molecule has 0 radical (unpaired) electrons. The molecule has 380 valence electrons. The van der Waals surface area contributed by atoms with E-state index in [-0.39, 0.29) is 12.0 Å². The van der Waals surface area contributed by atoms with Gasteiger partial charge in [-0.25, -0.2) is 0 Å². The van der Waals surface area contributed by atoms with Gasteiger partial charge in [-0.1, -0.05) is 164 Å². The van der Waals surface area contributed by atoms with Crippen LogP contribution in [0.5, 0.6) is 0 Å². The average Bonchev–Trinajstić information content (AvgIpc) is 4.42. The predicted octanol–water partition coefficient (Wildman–Crippen LogP) is 19.9. The summed E-state index contributed by atoms with van der Waals surface area (Å²) in [5.41, 5.74) is 24.2. The Labute approximate surface area is 469 Å². The van der Waals surface area contributed by atoms with Gasteiger partial charge >= 0.3 is 0 Å². The van der Waals surface area contributed by atoms with Gasteiger partial charge in [0.15, 0.2) is 0 Å². The normalized spacial score (nSPS) is 14.5. The standard InChI is InChI=1S/C76H50N4O/c1-3-20-56(21-4-1)79-71-31-12-11-28-62(71)64-45-54(34-38-72(64)79)63-47-55(48-68-67-46-53(35-39-75(67)81-76(63)68)59-25-8-10-27-61(59)70-30-14-16-41-78-70)50-19-17-18-49(42-50)51-32-36-73-65(43-51)66-44-52(33-37-74(66)80(73)57-22-5-2-6-23-57)58-24-7-9-26-60(58)69-29-13-15-40-77-69/h1-48,62,71H. The highest BCUT2D eigenvalue weighted by atomic mass is 16.3. The Morgan fingerprint density at radius 1 is 0.346 bits per heavy atom. The van der Waals surface area contributed by atoms with E-state index in [1.165, 1.54) is 27.7 Å². The molecule has 1 aliphatic carbocycles. The molecule has 5 heteroatoms. The molecule has 14 aromatic rings. The first-order valence-electron chi connectivity index (χ1n) is 27.8. The highest BCUT2D eigenvalue weighted by Gasteiger charge is 2.37. The molecule has 0 saturated carbocycles. The number of aromatic nitrogens is 3. The summed E-state index contributed by atoms with van der Waals surface area (Å²) in [4.78, 5) is 12.0. The molecule has 0 amide bonds. The van der Waals surface area contributed by atoms with Crippen molar-refractivity contribution in [2.75, 3.05) is 4.90 Å². The zero-order chi connectivity index (χ0) is 53.4. The number of hydrogen-bond donors (Lipinski definition) is 0. The molecule has 0 saturated heterocycles. The molecule has 0 spiro atoms. The Balaban J connectivity index is 0.867. The van der Waals surface area contributed by atoms with Crippen LogP contribution in [0.3, 0.4) is 0 Å². The lowest BCUT2D eigenvalue weighted by molar-refractivity contribution is 0.670. The second-order valence-corrected chi connectivity index (χ2v) is 21.2. The molecular formula is C76H50N4O. The minimum atomic E-state index is 0.181. The molecule has 2 unspecified atom stereocenters. The quantitative estimate of drug-likeness (QED) is 0.145. The Morgan fingerprint density at radius 2 is 0.877 bits per heavy atom. The van der Waals surface area contributed by atoms with Crippen molar-refractivity contribution >= 4 is 55.1 Å². The Kier molecular flexibility index (Phi) is 10.9. The van der Waals surface area contributed by atoms with Crippen molar-refractivity contribution in [3.8, 4) is 83.8 Å². The SMILES string of the molecule is C1=CC2c3cc(-c4cc(-c5cccc(-c6ccc7c(c6)c6cc(-c8ccccc8-c8ccccn8)ccc6n7-c6ccccc6)c5)cc5c4oc4ccc(-c6ccccc6-c6ccccn6)cc45)ccc3N(c3ccccc3)C2C=C1. The summed E-state index contributed by atoms with van der Waals surface area (Å²) < 4.78 is 9.46. The van der Waals surface area contributed by atoms with Gasteiger partial charge < -0.3 is 13.9 Å². The fraction of sp³-hybridized carbons (Fsp3) is 0.0263. The van der Waals surface area contributed by atoms with Crippen LogP contribution in [0.15, 0.2) is 296 Å². The van der Waals surface area contributed by atoms with Gasteiger partial charge in [0.2, 0.25) is 0 Å². The fourth-order valence-electron chi connectivity index (χ4n) is 12.9. The number of para-hydroxylation sites is 2. The van der Waals surface area contributed by atoms with Crippen LogP contribution in [-0.2, 0) is 0 Å². The third-order valence-electron chi connectivity index (χ3n) is 16.6. The van der Waals surface area contributed by atoms with Gasteiger partial charge in [-0.3, -0.25) is 9.97 Å². The topological polar surface area (TPSA) is 47.1 Å². The van der Waals surface area contributed by atoms with Crippen molar-refractivity contribution in [3.05, 3.63) is 297 Å². The number of anilines is 2. The highest BCUT2D eigenvalue weighted by Crippen LogP contribution is 2.51. The number of nitrogens with zero attached hydrogens (tertiary/aromatic N) is 4. The van der Waals surface area contributed by atoms with Gasteiger partial charge in [-0.2, -0.15) is 0 Å². The van der Waals surface area contributed by atoms with Gasteiger partial charge in [0.05, 0.1) is 28.5 Å². The van der Waals surface area contributed by atoms with E-state index in [1.54, 1.807) is 0 Å². The molecule has 16 rings (SSSR count). The number of furan rings is 1. The lowest BCUT2D eigenvalue weighted by Gasteiger charge is -2.28. The highest BCUT2D eigenvalue weighted by molar-refractivity contribution is 6.14. The van der Waals surface area contributed by atoms with Crippen molar-refractivity contribution < 1.29 is 4.42 Å². The van der Waals surface area contributed by atoms with Crippen LogP contribution in [0.1, 0.15) is 11.5 Å². The monoisotopic (exact) mass is 1030 g/mol. The third-order valence-corrected chi connectivity index (χ3v) is 16.6. The zero-order valence-corrected chi connectivity index (χ0v) is 44.1. The first-order valence-corrected chi connectivity index (χ1v) is 27.8. The number of rotatable bonds is 9. The van der Waals surface area contributed by atoms with Gasteiger partial charge in [-0.05, 0) is 171 Å². The van der Waals surface area contributed by atoms with Gasteiger partial charge in [-0.15, -0.1) is 0 Å². The second kappa shape index (κ2) is 19.1. The zero-order valence-electron chi connectivity index (χ0n) is 44.1. The minimum absolute atomic E-state index is 0.181. The summed E-state index contributed by atoms with van der Waals surface area (Å²) >= 11 is 0. The molecule has 81 heavy (non-hydrogen) atoms. The summed E-state index contributed by atoms with van der Waals surface area (Å²) in [7, 11) is 0. The van der Waals surface area contributed by atoms with E-state index in [9.17, 15) is 0 Å². The summed E-state index contributed by atoms with van der Waals surface area (Å²) in [6, 6.07) is 92.3. The number of hydrogen-bond acceptors (Lipinski definition) is 4. The Bertz CT molecular complexity index is 4820. The van der Waals surface area contributed by atoms with E-state index in [0.29, 0.717) is 0 Å². The van der Waals surface area contributed by atoms with Crippen LogP contribution >= 0.6 is 0 Å². The molecule has 2 aliphatic rings. The molecule has 5 nitrogen and oxygen atoms in total. The maximum absolute atomic E-state index is 7.07. The molecule has 0 bridgehead atoms. The largest absolute Gasteiger partial charge is 0.455 e.